The number of pyridine rings is 1. The van der Waals surface area contributed by atoms with Gasteiger partial charge in [-0.05, 0) is 36.1 Å². The van der Waals surface area contributed by atoms with Crippen molar-refractivity contribution in [2.24, 2.45) is 5.10 Å². The molecule has 120 valence electrons. The Kier molecular flexibility index (Phi) is 7.61. The van der Waals surface area contributed by atoms with Crippen molar-refractivity contribution in [3.05, 3.63) is 65.9 Å². The van der Waals surface area contributed by atoms with Gasteiger partial charge in [-0.1, -0.05) is 68.7 Å². The molecule has 23 heavy (non-hydrogen) atoms. The predicted molar refractivity (Wildman–Crippen MR) is 99.5 cm³/mol. The molecule has 1 N–H and O–H groups in total. The summed E-state index contributed by atoms with van der Waals surface area (Å²) in [7, 11) is 0. The van der Waals surface area contributed by atoms with Crippen LogP contribution in [0.3, 0.4) is 0 Å². The maximum atomic E-state index is 4.33. The number of aromatic nitrogens is 1. The third-order valence-electron chi connectivity index (χ3n) is 3.55. The van der Waals surface area contributed by atoms with Crippen molar-refractivity contribution in [3.63, 3.8) is 0 Å². The molecule has 1 heterocycles. The molecule has 0 spiro atoms. The topological polar surface area (TPSA) is 37.3 Å². The molecule has 0 aliphatic carbocycles. The SMILES string of the molecule is CCCCCCC(C=NNc1ccccn1)=Cc1ccccc1. The summed E-state index contributed by atoms with van der Waals surface area (Å²) in [5.41, 5.74) is 5.42. The number of unbranched alkanes of at least 4 members (excludes halogenated alkanes) is 3. The molecule has 2 aromatic rings. The van der Waals surface area contributed by atoms with Gasteiger partial charge in [-0.2, -0.15) is 5.10 Å². The molecule has 0 atom stereocenters. The minimum atomic E-state index is 0.758. The molecule has 3 nitrogen and oxygen atoms in total. The van der Waals surface area contributed by atoms with Crippen molar-refractivity contribution in [2.45, 2.75) is 39.0 Å². The summed E-state index contributed by atoms with van der Waals surface area (Å²) in [5, 5.41) is 4.33. The number of rotatable bonds is 9. The van der Waals surface area contributed by atoms with E-state index in [1.165, 1.54) is 36.8 Å². The van der Waals surface area contributed by atoms with Crippen molar-refractivity contribution in [3.8, 4) is 0 Å². The lowest BCUT2D eigenvalue weighted by Gasteiger charge is -2.04. The normalized spacial score (nSPS) is 11.8. The average molecular weight is 307 g/mol. The van der Waals surface area contributed by atoms with Gasteiger partial charge in [0.15, 0.2) is 0 Å². The zero-order valence-electron chi connectivity index (χ0n) is 13.8. The summed E-state index contributed by atoms with van der Waals surface area (Å²) >= 11 is 0. The van der Waals surface area contributed by atoms with Gasteiger partial charge in [0.1, 0.15) is 5.82 Å². The maximum absolute atomic E-state index is 4.33. The van der Waals surface area contributed by atoms with Crippen molar-refractivity contribution in [1.29, 1.82) is 0 Å². The highest BCUT2D eigenvalue weighted by Crippen LogP contribution is 2.13. The first-order valence-electron chi connectivity index (χ1n) is 8.34. The van der Waals surface area contributed by atoms with Gasteiger partial charge in [-0.3, -0.25) is 5.43 Å². The summed E-state index contributed by atoms with van der Waals surface area (Å²) in [4.78, 5) is 4.20. The second-order valence-electron chi connectivity index (χ2n) is 5.53. The molecular formula is C20H25N3. The van der Waals surface area contributed by atoms with Gasteiger partial charge in [-0.25, -0.2) is 4.98 Å². The van der Waals surface area contributed by atoms with Crippen LogP contribution in [0.25, 0.3) is 6.08 Å². The Hall–Kier alpha value is -2.42. The van der Waals surface area contributed by atoms with E-state index in [9.17, 15) is 0 Å². The quantitative estimate of drug-likeness (QED) is 0.375. The fourth-order valence-corrected chi connectivity index (χ4v) is 2.30. The van der Waals surface area contributed by atoms with Crippen LogP contribution in [0.1, 0.15) is 44.6 Å². The van der Waals surface area contributed by atoms with E-state index in [2.05, 4.69) is 52.8 Å². The molecular weight excluding hydrogens is 282 g/mol. The van der Waals surface area contributed by atoms with Gasteiger partial charge in [0.05, 0.1) is 6.21 Å². The molecule has 0 bridgehead atoms. The first-order valence-corrected chi connectivity index (χ1v) is 8.34. The molecule has 3 heteroatoms. The van der Waals surface area contributed by atoms with Crippen molar-refractivity contribution in [1.82, 2.24) is 4.98 Å². The Labute approximate surface area is 139 Å². The van der Waals surface area contributed by atoms with Crippen LogP contribution >= 0.6 is 0 Å². The van der Waals surface area contributed by atoms with Crippen molar-refractivity contribution in [2.75, 3.05) is 5.43 Å². The van der Waals surface area contributed by atoms with E-state index >= 15 is 0 Å². The lowest BCUT2D eigenvalue weighted by molar-refractivity contribution is 0.671. The van der Waals surface area contributed by atoms with E-state index in [-0.39, 0.29) is 0 Å². The lowest BCUT2D eigenvalue weighted by atomic mass is 10.0. The van der Waals surface area contributed by atoms with E-state index in [1.807, 2.05) is 30.5 Å². The van der Waals surface area contributed by atoms with Gasteiger partial charge in [0, 0.05) is 6.20 Å². The van der Waals surface area contributed by atoms with Gasteiger partial charge in [0.2, 0.25) is 0 Å². The van der Waals surface area contributed by atoms with Crippen LogP contribution in [-0.2, 0) is 0 Å². The Morgan fingerprint density at radius 2 is 1.87 bits per heavy atom. The standard InChI is InChI=1S/C20H25N3/c1-2-3-4-6-13-19(16-18-11-7-5-8-12-18)17-22-23-20-14-9-10-15-21-20/h5,7-12,14-17H,2-4,6,13H2,1H3,(H,21,23). The lowest BCUT2D eigenvalue weighted by Crippen LogP contribution is -1.94. The highest BCUT2D eigenvalue weighted by Gasteiger charge is 1.97. The van der Waals surface area contributed by atoms with Crippen LogP contribution < -0.4 is 5.43 Å². The van der Waals surface area contributed by atoms with Crippen LogP contribution in [0.4, 0.5) is 5.82 Å². The molecule has 1 aromatic carbocycles. The summed E-state index contributed by atoms with van der Waals surface area (Å²) in [6.07, 6.45) is 11.9. The third-order valence-corrected chi connectivity index (χ3v) is 3.55. The van der Waals surface area contributed by atoms with E-state index in [0.29, 0.717) is 0 Å². The molecule has 0 amide bonds. The predicted octanol–water partition coefficient (Wildman–Crippen LogP) is 5.53. The third kappa shape index (κ3) is 6.92. The molecule has 1 aromatic heterocycles. The zero-order valence-corrected chi connectivity index (χ0v) is 13.8. The van der Waals surface area contributed by atoms with Crippen LogP contribution in [0.5, 0.6) is 0 Å². The monoisotopic (exact) mass is 307 g/mol. The maximum Gasteiger partial charge on any atom is 0.146 e. The minimum Gasteiger partial charge on any atom is -0.261 e. The van der Waals surface area contributed by atoms with E-state index in [0.717, 1.165) is 12.2 Å². The number of hydrogen-bond donors (Lipinski definition) is 1. The second-order valence-corrected chi connectivity index (χ2v) is 5.53. The first-order chi connectivity index (χ1) is 11.4. The summed E-state index contributed by atoms with van der Waals surface area (Å²) in [6.45, 7) is 2.24. The largest absolute Gasteiger partial charge is 0.261 e. The molecule has 0 radical (unpaired) electrons. The molecule has 0 saturated carbocycles. The molecule has 0 unspecified atom stereocenters. The van der Waals surface area contributed by atoms with Crippen molar-refractivity contribution >= 4 is 18.1 Å². The highest BCUT2D eigenvalue weighted by atomic mass is 15.3. The van der Waals surface area contributed by atoms with Gasteiger partial charge < -0.3 is 0 Å². The van der Waals surface area contributed by atoms with Crippen LogP contribution in [0.2, 0.25) is 0 Å². The van der Waals surface area contributed by atoms with E-state index in [1.54, 1.807) is 6.20 Å². The minimum absolute atomic E-state index is 0.758. The van der Waals surface area contributed by atoms with Gasteiger partial charge in [-0.15, -0.1) is 0 Å². The molecule has 0 fully saturated rings. The van der Waals surface area contributed by atoms with Crippen LogP contribution in [-0.4, -0.2) is 11.2 Å². The van der Waals surface area contributed by atoms with Gasteiger partial charge >= 0.3 is 0 Å². The Balaban J connectivity index is 1.99. The second kappa shape index (κ2) is 10.3. The van der Waals surface area contributed by atoms with E-state index < -0.39 is 0 Å². The molecule has 0 aliphatic rings. The molecule has 0 aliphatic heterocycles. The van der Waals surface area contributed by atoms with Crippen molar-refractivity contribution < 1.29 is 0 Å². The molecule has 2 rings (SSSR count). The van der Waals surface area contributed by atoms with Crippen LogP contribution in [0, 0.1) is 0 Å². The zero-order chi connectivity index (χ0) is 16.2. The molecule has 0 saturated heterocycles. The Morgan fingerprint density at radius 3 is 2.61 bits per heavy atom. The first kappa shape index (κ1) is 16.9. The number of nitrogens with zero attached hydrogens (tertiary/aromatic N) is 2. The number of benzene rings is 1. The summed E-state index contributed by atoms with van der Waals surface area (Å²) in [5.74, 6) is 0.758. The average Bonchev–Trinajstić information content (AvgIpc) is 2.60. The number of nitrogens with one attached hydrogen (secondary N) is 1. The number of anilines is 1. The fourth-order valence-electron chi connectivity index (χ4n) is 2.30. The summed E-state index contributed by atoms with van der Waals surface area (Å²) in [6, 6.07) is 16.1. The van der Waals surface area contributed by atoms with E-state index in [4.69, 9.17) is 0 Å². The Morgan fingerprint density at radius 1 is 1.04 bits per heavy atom. The van der Waals surface area contributed by atoms with Gasteiger partial charge in [0.25, 0.3) is 0 Å². The number of hydrazone groups is 1. The number of hydrogen-bond acceptors (Lipinski definition) is 3. The smallest absolute Gasteiger partial charge is 0.146 e. The fraction of sp³-hybridized carbons (Fsp3) is 0.300. The summed E-state index contributed by atoms with van der Waals surface area (Å²) < 4.78 is 0. The number of allylic oxidation sites excluding steroid dienone is 1. The Bertz CT molecular complexity index is 603. The van der Waals surface area contributed by atoms with Crippen LogP contribution in [0.15, 0.2) is 65.4 Å². The highest BCUT2D eigenvalue weighted by molar-refractivity contribution is 5.85.